The van der Waals surface area contributed by atoms with E-state index in [0.29, 0.717) is 5.69 Å². The van der Waals surface area contributed by atoms with E-state index in [1.54, 1.807) is 12.3 Å². The van der Waals surface area contributed by atoms with E-state index in [4.69, 9.17) is 0 Å². The fourth-order valence-corrected chi connectivity index (χ4v) is 1.89. The van der Waals surface area contributed by atoms with Crippen molar-refractivity contribution in [1.82, 2.24) is 0 Å². The van der Waals surface area contributed by atoms with Gasteiger partial charge in [0, 0.05) is 6.21 Å². The molecule has 1 N–H and O–H groups in total. The molecule has 0 saturated carbocycles. The van der Waals surface area contributed by atoms with Crippen LogP contribution in [0.25, 0.3) is 0 Å². The predicted molar refractivity (Wildman–Crippen MR) is 80.4 cm³/mol. The minimum absolute atomic E-state index is 0.229. The maximum atomic E-state index is 9.82. The number of nitrogens with zero attached hydrogens (tertiary/aromatic N) is 1. The lowest BCUT2D eigenvalue weighted by Crippen LogP contribution is -1.85. The Bertz CT molecular complexity index is 546. The third kappa shape index (κ3) is 3.95. The molecule has 2 heteroatoms. The second kappa shape index (κ2) is 6.74. The summed E-state index contributed by atoms with van der Waals surface area (Å²) in [5.74, 6) is 0.229. The van der Waals surface area contributed by atoms with Crippen LogP contribution in [0.15, 0.2) is 53.5 Å². The molecule has 0 saturated heterocycles. The van der Waals surface area contributed by atoms with Crippen LogP contribution in [-0.4, -0.2) is 11.3 Å². The van der Waals surface area contributed by atoms with E-state index in [-0.39, 0.29) is 5.75 Å². The Balaban J connectivity index is 2.17. The van der Waals surface area contributed by atoms with Crippen molar-refractivity contribution in [2.45, 2.75) is 26.2 Å². The highest BCUT2D eigenvalue weighted by atomic mass is 16.3. The zero-order chi connectivity index (χ0) is 13.5. The number of hydrogen-bond donors (Lipinski definition) is 1. The second-order valence-electron chi connectivity index (χ2n) is 4.60. The van der Waals surface area contributed by atoms with E-state index in [1.807, 2.05) is 42.5 Å². The van der Waals surface area contributed by atoms with Gasteiger partial charge in [0.05, 0.1) is 0 Å². The molecule has 0 aliphatic carbocycles. The van der Waals surface area contributed by atoms with E-state index in [9.17, 15) is 5.11 Å². The number of unbranched alkanes of at least 4 members (excludes halogenated alkanes) is 1. The van der Waals surface area contributed by atoms with Gasteiger partial charge in [-0.15, -0.1) is 0 Å². The first-order valence-electron chi connectivity index (χ1n) is 6.70. The van der Waals surface area contributed by atoms with Gasteiger partial charge in [0.25, 0.3) is 0 Å². The Morgan fingerprint density at radius 2 is 1.89 bits per heavy atom. The smallest absolute Gasteiger partial charge is 0.141 e. The van der Waals surface area contributed by atoms with Crippen molar-refractivity contribution in [1.29, 1.82) is 0 Å². The normalized spacial score (nSPS) is 11.0. The van der Waals surface area contributed by atoms with Crippen LogP contribution in [0.1, 0.15) is 30.9 Å². The number of aromatic hydroxyl groups is 1. The van der Waals surface area contributed by atoms with E-state index < -0.39 is 0 Å². The first kappa shape index (κ1) is 13.3. The van der Waals surface area contributed by atoms with Gasteiger partial charge in [-0.1, -0.05) is 49.7 Å². The molecule has 0 radical (unpaired) electrons. The zero-order valence-electron chi connectivity index (χ0n) is 11.2. The number of benzene rings is 2. The predicted octanol–water partition coefficient (Wildman–Crippen LogP) is 4.49. The maximum Gasteiger partial charge on any atom is 0.141 e. The molecule has 0 aromatic heterocycles. The highest BCUT2D eigenvalue weighted by Crippen LogP contribution is 2.27. The summed E-state index contributed by atoms with van der Waals surface area (Å²) < 4.78 is 0. The molecule has 0 heterocycles. The molecule has 2 aromatic rings. The molecule has 0 spiro atoms. The summed E-state index contributed by atoms with van der Waals surface area (Å²) in [7, 11) is 0. The third-order valence-electron chi connectivity index (χ3n) is 3.01. The summed E-state index contributed by atoms with van der Waals surface area (Å²) >= 11 is 0. The average molecular weight is 253 g/mol. The van der Waals surface area contributed by atoms with Crippen LogP contribution < -0.4 is 0 Å². The number of phenolic OH excluding ortho intramolecular Hbond substituents is 1. The van der Waals surface area contributed by atoms with E-state index >= 15 is 0 Å². The van der Waals surface area contributed by atoms with E-state index in [0.717, 1.165) is 18.4 Å². The Kier molecular flexibility index (Phi) is 4.73. The van der Waals surface area contributed by atoms with Crippen LogP contribution in [0, 0.1) is 0 Å². The van der Waals surface area contributed by atoms with Crippen molar-refractivity contribution < 1.29 is 5.11 Å². The Hall–Kier alpha value is -2.09. The monoisotopic (exact) mass is 253 g/mol. The molecule has 0 bridgehead atoms. The van der Waals surface area contributed by atoms with Crippen LogP contribution in [0.2, 0.25) is 0 Å². The van der Waals surface area contributed by atoms with Crippen molar-refractivity contribution in [2.75, 3.05) is 0 Å². The molecular weight excluding hydrogens is 234 g/mol. The minimum atomic E-state index is 0.229. The van der Waals surface area contributed by atoms with Gasteiger partial charge in [-0.25, -0.2) is 0 Å². The summed E-state index contributed by atoms with van der Waals surface area (Å²) in [6, 6.07) is 15.5. The van der Waals surface area contributed by atoms with Crippen molar-refractivity contribution in [2.24, 2.45) is 4.99 Å². The Labute approximate surface area is 114 Å². The lowest BCUT2D eigenvalue weighted by Gasteiger charge is -2.03. The molecule has 98 valence electrons. The van der Waals surface area contributed by atoms with Crippen LogP contribution >= 0.6 is 0 Å². The fraction of sp³-hybridized carbons (Fsp3) is 0.235. The molecule has 2 rings (SSSR count). The SMILES string of the molecule is CCCCc1ccc(O)c(N=Cc2ccccc2)c1. The highest BCUT2D eigenvalue weighted by Gasteiger charge is 2.01. The quantitative estimate of drug-likeness (QED) is 0.783. The maximum absolute atomic E-state index is 9.82. The fourth-order valence-electron chi connectivity index (χ4n) is 1.89. The highest BCUT2D eigenvalue weighted by molar-refractivity contribution is 5.82. The van der Waals surface area contributed by atoms with Gasteiger partial charge >= 0.3 is 0 Å². The van der Waals surface area contributed by atoms with Gasteiger partial charge in [0.15, 0.2) is 0 Å². The summed E-state index contributed by atoms with van der Waals surface area (Å²) in [5, 5.41) is 9.82. The van der Waals surface area contributed by atoms with Crippen LogP contribution in [-0.2, 0) is 6.42 Å². The van der Waals surface area contributed by atoms with Crippen molar-refractivity contribution in [3.63, 3.8) is 0 Å². The number of hydrogen-bond acceptors (Lipinski definition) is 2. The molecule has 0 aliphatic rings. The van der Waals surface area contributed by atoms with Gasteiger partial charge < -0.3 is 5.11 Å². The third-order valence-corrected chi connectivity index (χ3v) is 3.01. The lowest BCUT2D eigenvalue weighted by molar-refractivity contribution is 0.476. The van der Waals surface area contributed by atoms with Gasteiger partial charge in [-0.2, -0.15) is 0 Å². The van der Waals surface area contributed by atoms with Crippen LogP contribution in [0.5, 0.6) is 5.75 Å². The molecule has 2 nitrogen and oxygen atoms in total. The number of rotatable bonds is 5. The van der Waals surface area contributed by atoms with Crippen molar-refractivity contribution in [3.8, 4) is 5.75 Å². The lowest BCUT2D eigenvalue weighted by atomic mass is 10.1. The largest absolute Gasteiger partial charge is 0.506 e. The van der Waals surface area contributed by atoms with E-state index in [1.165, 1.54) is 12.0 Å². The van der Waals surface area contributed by atoms with E-state index in [2.05, 4.69) is 11.9 Å². The molecule has 0 amide bonds. The molecular formula is C17H19NO. The second-order valence-corrected chi connectivity index (χ2v) is 4.60. The summed E-state index contributed by atoms with van der Waals surface area (Å²) in [6.07, 6.45) is 5.14. The first-order valence-corrected chi connectivity index (χ1v) is 6.70. The zero-order valence-corrected chi connectivity index (χ0v) is 11.2. The van der Waals surface area contributed by atoms with Crippen LogP contribution in [0.4, 0.5) is 5.69 Å². The molecule has 0 atom stereocenters. The van der Waals surface area contributed by atoms with Crippen molar-refractivity contribution >= 4 is 11.9 Å². The minimum Gasteiger partial charge on any atom is -0.506 e. The number of aliphatic imine (C=N–C) groups is 1. The topological polar surface area (TPSA) is 32.6 Å². The summed E-state index contributed by atoms with van der Waals surface area (Å²) in [5.41, 5.74) is 2.89. The summed E-state index contributed by atoms with van der Waals surface area (Å²) in [6.45, 7) is 2.18. The number of phenols is 1. The number of aryl methyl sites for hydroxylation is 1. The molecule has 19 heavy (non-hydrogen) atoms. The summed E-state index contributed by atoms with van der Waals surface area (Å²) in [4.78, 5) is 4.37. The Morgan fingerprint density at radius 3 is 2.63 bits per heavy atom. The molecule has 0 unspecified atom stereocenters. The van der Waals surface area contributed by atoms with Gasteiger partial charge in [-0.3, -0.25) is 4.99 Å². The first-order chi connectivity index (χ1) is 9.29. The molecule has 2 aromatic carbocycles. The molecule has 0 aliphatic heterocycles. The van der Waals surface area contributed by atoms with Crippen LogP contribution in [0.3, 0.4) is 0 Å². The Morgan fingerprint density at radius 1 is 1.11 bits per heavy atom. The molecule has 0 fully saturated rings. The van der Waals surface area contributed by atoms with Gasteiger partial charge in [-0.05, 0) is 36.1 Å². The van der Waals surface area contributed by atoms with Gasteiger partial charge in [0.1, 0.15) is 11.4 Å². The standard InChI is InChI=1S/C17H19NO/c1-2-3-7-14-10-11-17(19)16(12-14)18-13-15-8-5-4-6-9-15/h4-6,8-13,19H,2-3,7H2,1H3. The average Bonchev–Trinajstić information content (AvgIpc) is 2.46. The van der Waals surface area contributed by atoms with Crippen molar-refractivity contribution in [3.05, 3.63) is 59.7 Å². The van der Waals surface area contributed by atoms with Gasteiger partial charge in [0.2, 0.25) is 0 Å².